The summed E-state index contributed by atoms with van der Waals surface area (Å²) in [4.78, 5) is 0. The third-order valence-electron chi connectivity index (χ3n) is 5.82. The maximum absolute atomic E-state index is 6.83. The Morgan fingerprint density at radius 2 is 1.35 bits per heavy atom. The van der Waals surface area contributed by atoms with Crippen molar-refractivity contribution in [3.8, 4) is 0 Å². The van der Waals surface area contributed by atoms with Crippen molar-refractivity contribution in [2.24, 2.45) is 16.2 Å². The molecule has 0 atom stereocenters. The van der Waals surface area contributed by atoms with Crippen molar-refractivity contribution in [3.63, 3.8) is 0 Å². The average molecular weight is 576 g/mol. The fourth-order valence-corrected chi connectivity index (χ4v) is 8.78. The number of rotatable bonds is 2. The van der Waals surface area contributed by atoms with Gasteiger partial charge in [-0.2, -0.15) is 0 Å². The van der Waals surface area contributed by atoms with Crippen LogP contribution < -0.4 is 0 Å². The predicted octanol–water partition coefficient (Wildman–Crippen LogP) is 7.22. The van der Waals surface area contributed by atoms with Crippen LogP contribution in [0.5, 0.6) is 0 Å². The second-order valence-electron chi connectivity index (χ2n) is 10.3. The molecule has 0 heterocycles. The quantitative estimate of drug-likeness (QED) is 0.305. The molecule has 0 spiro atoms. The average Bonchev–Trinajstić information content (AvgIpc) is 2.79. The Kier molecular flexibility index (Phi) is 7.40. The van der Waals surface area contributed by atoms with E-state index in [9.17, 15) is 0 Å². The molecule has 0 bridgehead atoms. The zero-order valence-electron chi connectivity index (χ0n) is 18.2. The summed E-state index contributed by atoms with van der Waals surface area (Å²) in [5.74, 6) is 0. The number of halogens is 2. The second kappa shape index (κ2) is 7.80. The van der Waals surface area contributed by atoms with E-state index >= 15 is 0 Å². The predicted molar refractivity (Wildman–Crippen MR) is 117 cm³/mol. The maximum Gasteiger partial charge on any atom is 0.0883 e. The summed E-state index contributed by atoms with van der Waals surface area (Å²) in [5, 5.41) is 5.19. The molecule has 0 fully saturated rings. The van der Waals surface area contributed by atoms with Gasteiger partial charge >= 0.3 is 0 Å². The minimum absolute atomic E-state index is 0. The molecule has 0 nitrogen and oxygen atoms in total. The van der Waals surface area contributed by atoms with Crippen molar-refractivity contribution in [2.75, 3.05) is 0 Å². The van der Waals surface area contributed by atoms with Gasteiger partial charge < -0.3 is 0 Å². The zero-order chi connectivity index (χ0) is 19.5. The third kappa shape index (κ3) is 4.29. The summed E-state index contributed by atoms with van der Waals surface area (Å²) in [6.45, 7) is 22.9. The van der Waals surface area contributed by atoms with E-state index in [1.807, 2.05) is 0 Å². The molecule has 26 heavy (non-hydrogen) atoms. The van der Waals surface area contributed by atoms with Gasteiger partial charge in [-0.1, -0.05) is 100 Å². The maximum atomic E-state index is 6.83. The minimum Gasteiger partial charge on any atom is -0.0885 e. The monoisotopic (exact) mass is 576 g/mol. The molecular formula is C22H34Cl2HfSi. The van der Waals surface area contributed by atoms with Gasteiger partial charge in [0.1, 0.15) is 0 Å². The van der Waals surface area contributed by atoms with Crippen LogP contribution in [0.1, 0.15) is 75.7 Å². The van der Waals surface area contributed by atoms with Crippen LogP contribution in [0.2, 0.25) is 0 Å². The van der Waals surface area contributed by atoms with Crippen LogP contribution in [0, 0.1) is 16.2 Å². The molecule has 0 aromatic rings. The Morgan fingerprint density at radius 3 is 1.77 bits per heavy atom. The topological polar surface area (TPSA) is 0 Å². The number of allylic oxidation sites excluding steroid dienone is 8. The van der Waals surface area contributed by atoms with Crippen LogP contribution in [0.25, 0.3) is 0 Å². The molecular weight excluding hydrogens is 542 g/mol. The van der Waals surface area contributed by atoms with E-state index in [1.165, 1.54) is 22.3 Å². The van der Waals surface area contributed by atoms with Crippen molar-refractivity contribution >= 4 is 32.7 Å². The standard InChI is InChI=1S/C22H34Cl2Si.Hf/c1-12-15(23)11-14(20(3,4)5)16(12)25-17-13(2)19(24)22(9,10)18(17)21(6,7)8;/h11,25H2,1-10H3;. The molecule has 0 amide bonds. The second-order valence-corrected chi connectivity index (χ2v) is 12.9. The van der Waals surface area contributed by atoms with Crippen LogP contribution in [0.4, 0.5) is 0 Å². The van der Waals surface area contributed by atoms with Crippen LogP contribution >= 0.6 is 23.2 Å². The van der Waals surface area contributed by atoms with Gasteiger partial charge in [0.25, 0.3) is 0 Å². The Labute approximate surface area is 192 Å². The zero-order valence-corrected chi connectivity index (χ0v) is 24.7. The molecule has 2 aliphatic carbocycles. The van der Waals surface area contributed by atoms with Crippen molar-refractivity contribution in [2.45, 2.75) is 75.7 Å². The summed E-state index contributed by atoms with van der Waals surface area (Å²) in [6, 6.07) is 0. The van der Waals surface area contributed by atoms with E-state index < -0.39 is 9.52 Å². The van der Waals surface area contributed by atoms with E-state index in [-0.39, 0.29) is 42.1 Å². The van der Waals surface area contributed by atoms with Gasteiger partial charge in [-0.05, 0) is 35.8 Å². The normalized spacial score (nSPS) is 21.7. The molecule has 4 heteroatoms. The SMILES string of the molecule is CC1=C(Cl)CC(C(C)(C)C)=C1[SiH2]C1=C(C(C)(C)C)C(C)(C)C(Cl)=C1C.[Hf]. The fourth-order valence-electron chi connectivity index (χ4n) is 4.81. The smallest absolute Gasteiger partial charge is 0.0883 e. The summed E-state index contributed by atoms with van der Waals surface area (Å²) in [5.41, 5.74) is 5.94. The van der Waals surface area contributed by atoms with Crippen LogP contribution in [-0.4, -0.2) is 9.52 Å². The van der Waals surface area contributed by atoms with Gasteiger partial charge in [-0.3, -0.25) is 0 Å². The molecule has 2 aliphatic rings. The van der Waals surface area contributed by atoms with Crippen LogP contribution in [0.15, 0.2) is 42.7 Å². The third-order valence-corrected chi connectivity index (χ3v) is 9.54. The summed E-state index contributed by atoms with van der Waals surface area (Å²) in [6.07, 6.45) is 0.928. The molecule has 0 aromatic heterocycles. The first-order valence-corrected chi connectivity index (χ1v) is 11.5. The van der Waals surface area contributed by atoms with E-state index in [2.05, 4.69) is 69.2 Å². The Balaban J connectivity index is 0.00000338. The van der Waals surface area contributed by atoms with E-state index in [0.717, 1.165) is 16.5 Å². The van der Waals surface area contributed by atoms with Gasteiger partial charge in [-0.15, -0.1) is 0 Å². The Bertz CT molecular complexity index is 735. The molecule has 0 unspecified atom stereocenters. The summed E-state index contributed by atoms with van der Waals surface area (Å²) >= 11 is 13.4. The summed E-state index contributed by atoms with van der Waals surface area (Å²) in [7, 11) is -0.643. The van der Waals surface area contributed by atoms with Gasteiger partial charge in [0.05, 0.1) is 9.52 Å². The van der Waals surface area contributed by atoms with Gasteiger partial charge in [0, 0.05) is 47.7 Å². The molecule has 144 valence electrons. The number of hydrogen-bond donors (Lipinski definition) is 0. The molecule has 0 N–H and O–H groups in total. The van der Waals surface area contributed by atoms with E-state index in [0.29, 0.717) is 0 Å². The molecule has 2 rings (SSSR count). The molecule has 0 saturated carbocycles. The van der Waals surface area contributed by atoms with Gasteiger partial charge in [-0.25, -0.2) is 0 Å². The van der Waals surface area contributed by atoms with Crippen molar-refractivity contribution in [3.05, 3.63) is 42.7 Å². The van der Waals surface area contributed by atoms with Crippen LogP contribution in [0.3, 0.4) is 0 Å². The van der Waals surface area contributed by atoms with E-state index in [4.69, 9.17) is 23.2 Å². The molecule has 0 aromatic carbocycles. The van der Waals surface area contributed by atoms with E-state index in [1.54, 1.807) is 10.4 Å². The van der Waals surface area contributed by atoms with Crippen molar-refractivity contribution < 1.29 is 25.8 Å². The van der Waals surface area contributed by atoms with Crippen molar-refractivity contribution in [1.82, 2.24) is 0 Å². The Morgan fingerprint density at radius 1 is 0.846 bits per heavy atom. The van der Waals surface area contributed by atoms with Crippen molar-refractivity contribution in [1.29, 1.82) is 0 Å². The Hall–Kier alpha value is 0.627. The molecule has 0 aliphatic heterocycles. The first-order chi connectivity index (χ1) is 11.1. The first-order valence-electron chi connectivity index (χ1n) is 9.29. The fraction of sp³-hybridized carbons (Fsp3) is 0.636. The largest absolute Gasteiger partial charge is 0.0885 e. The first kappa shape index (κ1) is 24.7. The minimum atomic E-state index is -0.643. The van der Waals surface area contributed by atoms with Gasteiger partial charge in [0.2, 0.25) is 0 Å². The summed E-state index contributed by atoms with van der Waals surface area (Å²) < 4.78 is 0. The number of hydrogen-bond acceptors (Lipinski definition) is 0. The van der Waals surface area contributed by atoms with Gasteiger partial charge in [0.15, 0.2) is 0 Å². The molecule has 0 radical (unpaired) electrons. The van der Waals surface area contributed by atoms with Crippen LogP contribution in [-0.2, 0) is 25.8 Å². The molecule has 0 saturated heterocycles.